The fourth-order valence-electron chi connectivity index (χ4n) is 3.13. The highest BCUT2D eigenvalue weighted by Gasteiger charge is 2.36. The van der Waals surface area contributed by atoms with Crippen LogP contribution in [-0.2, 0) is 17.8 Å². The van der Waals surface area contributed by atoms with E-state index in [-0.39, 0.29) is 34.2 Å². The van der Waals surface area contributed by atoms with Crippen LogP contribution in [0.25, 0.3) is 6.08 Å². The van der Waals surface area contributed by atoms with Gasteiger partial charge >= 0.3 is 0 Å². The summed E-state index contributed by atoms with van der Waals surface area (Å²) in [4.78, 5) is 37.1. The Kier molecular flexibility index (Phi) is 6.76. The molecule has 1 heterocycles. The average Bonchev–Trinajstić information content (AvgIpc) is 2.99. The highest BCUT2D eigenvalue weighted by molar-refractivity contribution is 8.18. The largest absolute Gasteiger partial charge is 0.504 e. The van der Waals surface area contributed by atoms with Gasteiger partial charge in [-0.3, -0.25) is 24.6 Å². The summed E-state index contributed by atoms with van der Waals surface area (Å²) in [5, 5.41) is 21.0. The molecular weight excluding hydrogens is 420 g/mol. The molecule has 160 valence electrons. The second-order valence-corrected chi connectivity index (χ2v) is 7.60. The van der Waals surface area contributed by atoms with Gasteiger partial charge < -0.3 is 9.84 Å². The molecule has 0 spiro atoms. The Morgan fingerprint density at radius 3 is 2.68 bits per heavy atom. The Balaban J connectivity index is 1.92. The van der Waals surface area contributed by atoms with E-state index in [2.05, 4.69) is 6.58 Å². The van der Waals surface area contributed by atoms with Gasteiger partial charge in [0.15, 0.2) is 11.5 Å². The lowest BCUT2D eigenvalue weighted by Gasteiger charge is -2.13. The number of phenols is 1. The number of amides is 2. The van der Waals surface area contributed by atoms with Gasteiger partial charge in [0.2, 0.25) is 0 Å². The summed E-state index contributed by atoms with van der Waals surface area (Å²) in [5.41, 5.74) is 1.27. The SMILES string of the molecule is C=CCc1cc(/C=C2\SC(=O)N(Cc3ccccc3[N+](=O)[O-])C2=O)cc(OCC)c1O. The summed E-state index contributed by atoms with van der Waals surface area (Å²) in [5.74, 6) is -0.264. The number of nitro benzene ring substituents is 1. The van der Waals surface area contributed by atoms with Crippen molar-refractivity contribution in [3.05, 3.63) is 80.8 Å². The monoisotopic (exact) mass is 440 g/mol. The number of para-hydroxylation sites is 1. The molecule has 0 aliphatic carbocycles. The molecule has 1 fully saturated rings. The molecule has 9 heteroatoms. The number of phenolic OH excluding ortho intramolecular Hbond substituents is 1. The summed E-state index contributed by atoms with van der Waals surface area (Å²) in [7, 11) is 0. The van der Waals surface area contributed by atoms with E-state index in [4.69, 9.17) is 4.74 Å². The number of rotatable bonds is 8. The molecule has 31 heavy (non-hydrogen) atoms. The molecular formula is C22H20N2O6S. The molecule has 2 aromatic rings. The molecule has 0 unspecified atom stereocenters. The Labute approximate surface area is 183 Å². The Morgan fingerprint density at radius 2 is 2.00 bits per heavy atom. The number of hydrogen-bond donors (Lipinski definition) is 1. The number of imide groups is 1. The summed E-state index contributed by atoms with van der Waals surface area (Å²) in [6.07, 6.45) is 3.57. The van der Waals surface area contributed by atoms with Gasteiger partial charge in [-0.2, -0.15) is 0 Å². The maximum atomic E-state index is 12.8. The first kappa shape index (κ1) is 22.1. The van der Waals surface area contributed by atoms with Gasteiger partial charge in [0, 0.05) is 17.2 Å². The molecule has 2 aromatic carbocycles. The van der Waals surface area contributed by atoms with Crippen LogP contribution in [0.1, 0.15) is 23.6 Å². The second kappa shape index (κ2) is 9.48. The number of carbonyl (C=O) groups excluding carboxylic acids is 2. The third-order valence-corrected chi connectivity index (χ3v) is 5.44. The Hall–Kier alpha value is -3.59. The maximum absolute atomic E-state index is 12.8. The van der Waals surface area contributed by atoms with Gasteiger partial charge in [0.1, 0.15) is 0 Å². The van der Waals surface area contributed by atoms with Crippen molar-refractivity contribution in [1.29, 1.82) is 0 Å². The number of nitro groups is 1. The minimum atomic E-state index is -0.545. The highest BCUT2D eigenvalue weighted by atomic mass is 32.2. The lowest BCUT2D eigenvalue weighted by molar-refractivity contribution is -0.385. The van der Waals surface area contributed by atoms with Crippen molar-refractivity contribution >= 4 is 34.7 Å². The zero-order valence-electron chi connectivity index (χ0n) is 16.7. The van der Waals surface area contributed by atoms with Crippen molar-refractivity contribution in [2.75, 3.05) is 6.61 Å². The summed E-state index contributed by atoms with van der Waals surface area (Å²) in [6.45, 7) is 5.61. The number of benzene rings is 2. The van der Waals surface area contributed by atoms with E-state index in [0.29, 0.717) is 24.2 Å². The van der Waals surface area contributed by atoms with Crippen LogP contribution >= 0.6 is 11.8 Å². The summed E-state index contributed by atoms with van der Waals surface area (Å²) < 4.78 is 5.47. The maximum Gasteiger partial charge on any atom is 0.293 e. The molecule has 1 saturated heterocycles. The van der Waals surface area contributed by atoms with Gasteiger partial charge in [-0.15, -0.1) is 6.58 Å². The first-order valence-electron chi connectivity index (χ1n) is 9.43. The number of nitrogens with zero attached hydrogens (tertiary/aromatic N) is 2. The molecule has 2 amide bonds. The normalized spacial score (nSPS) is 14.9. The third kappa shape index (κ3) is 4.77. The van der Waals surface area contributed by atoms with Crippen LogP contribution in [0.5, 0.6) is 11.5 Å². The number of allylic oxidation sites excluding steroid dienone is 1. The number of aromatic hydroxyl groups is 1. The lowest BCUT2D eigenvalue weighted by atomic mass is 10.0. The lowest BCUT2D eigenvalue weighted by Crippen LogP contribution is -2.27. The van der Waals surface area contributed by atoms with Crippen molar-refractivity contribution in [3.63, 3.8) is 0 Å². The van der Waals surface area contributed by atoms with Crippen molar-refractivity contribution in [2.45, 2.75) is 19.9 Å². The van der Waals surface area contributed by atoms with Crippen LogP contribution in [0.15, 0.2) is 54.0 Å². The van der Waals surface area contributed by atoms with Crippen LogP contribution in [0.3, 0.4) is 0 Å². The fourth-order valence-corrected chi connectivity index (χ4v) is 3.97. The molecule has 0 aromatic heterocycles. The first-order valence-corrected chi connectivity index (χ1v) is 10.2. The van der Waals surface area contributed by atoms with Crippen LogP contribution in [0.2, 0.25) is 0 Å². The third-order valence-electron chi connectivity index (χ3n) is 4.53. The smallest absolute Gasteiger partial charge is 0.293 e. The number of hydrogen-bond acceptors (Lipinski definition) is 7. The number of carbonyl (C=O) groups is 2. The van der Waals surface area contributed by atoms with Crippen molar-refractivity contribution < 1.29 is 24.4 Å². The van der Waals surface area contributed by atoms with E-state index < -0.39 is 16.1 Å². The first-order chi connectivity index (χ1) is 14.8. The van der Waals surface area contributed by atoms with Crippen LogP contribution < -0.4 is 4.74 Å². The zero-order chi connectivity index (χ0) is 22.5. The van der Waals surface area contributed by atoms with E-state index in [1.165, 1.54) is 18.2 Å². The summed E-state index contributed by atoms with van der Waals surface area (Å²) in [6, 6.07) is 9.26. The van der Waals surface area contributed by atoms with Crippen molar-refractivity contribution in [1.82, 2.24) is 4.90 Å². The van der Waals surface area contributed by atoms with E-state index >= 15 is 0 Å². The quantitative estimate of drug-likeness (QED) is 0.275. The minimum absolute atomic E-state index is 0.00314. The standard InChI is InChI=1S/C22H20N2O6S/c1-3-7-15-10-14(11-18(20(15)25)30-4-2)12-19-21(26)23(22(27)31-19)13-16-8-5-6-9-17(16)24(28)29/h3,5-6,8-12,25H,1,4,7,13H2,2H3/b19-12-. The molecule has 0 radical (unpaired) electrons. The molecule has 0 bridgehead atoms. The van der Waals surface area contributed by atoms with Crippen molar-refractivity contribution in [2.24, 2.45) is 0 Å². The molecule has 1 aliphatic rings. The van der Waals surface area contributed by atoms with Gasteiger partial charge in [-0.25, -0.2) is 0 Å². The highest BCUT2D eigenvalue weighted by Crippen LogP contribution is 2.37. The van der Waals surface area contributed by atoms with Crippen LogP contribution in [0.4, 0.5) is 10.5 Å². The van der Waals surface area contributed by atoms with Crippen molar-refractivity contribution in [3.8, 4) is 11.5 Å². The Morgan fingerprint density at radius 1 is 1.26 bits per heavy atom. The predicted octanol–water partition coefficient (Wildman–Crippen LogP) is 4.66. The topological polar surface area (TPSA) is 110 Å². The molecule has 0 atom stereocenters. The van der Waals surface area contributed by atoms with Gasteiger partial charge in [0.05, 0.1) is 23.0 Å². The molecule has 0 saturated carbocycles. The van der Waals surface area contributed by atoms with Crippen LogP contribution in [-0.4, -0.2) is 32.7 Å². The average molecular weight is 440 g/mol. The predicted molar refractivity (Wildman–Crippen MR) is 118 cm³/mol. The van der Waals surface area contributed by atoms with Gasteiger partial charge in [0.25, 0.3) is 16.8 Å². The molecule has 1 aliphatic heterocycles. The molecule has 3 rings (SSSR count). The summed E-state index contributed by atoms with van der Waals surface area (Å²) >= 11 is 0.758. The fraction of sp³-hybridized carbons (Fsp3) is 0.182. The minimum Gasteiger partial charge on any atom is -0.504 e. The number of thioether (sulfide) groups is 1. The Bertz CT molecular complexity index is 1100. The second-order valence-electron chi connectivity index (χ2n) is 6.61. The number of ether oxygens (including phenoxy) is 1. The van der Waals surface area contributed by atoms with Gasteiger partial charge in [-0.1, -0.05) is 24.3 Å². The van der Waals surface area contributed by atoms with Gasteiger partial charge in [-0.05, 0) is 48.9 Å². The van der Waals surface area contributed by atoms with E-state index in [1.807, 2.05) is 0 Å². The van der Waals surface area contributed by atoms with E-state index in [1.54, 1.807) is 37.3 Å². The zero-order valence-corrected chi connectivity index (χ0v) is 17.6. The molecule has 8 nitrogen and oxygen atoms in total. The van der Waals surface area contributed by atoms with Crippen LogP contribution in [0, 0.1) is 10.1 Å². The van der Waals surface area contributed by atoms with E-state index in [9.17, 15) is 24.8 Å². The van der Waals surface area contributed by atoms with E-state index in [0.717, 1.165) is 16.7 Å². The molecule has 1 N–H and O–H groups in total.